The van der Waals surface area contributed by atoms with Crippen LogP contribution in [0, 0.1) is 0 Å². The van der Waals surface area contributed by atoms with E-state index >= 15 is 0 Å². The Morgan fingerprint density at radius 3 is 2.33 bits per heavy atom. The molecule has 0 aliphatic heterocycles. The summed E-state index contributed by atoms with van der Waals surface area (Å²) in [6, 6.07) is 3.80. The molecule has 0 bridgehead atoms. The molecule has 2 aromatic heterocycles. The van der Waals surface area contributed by atoms with Crippen LogP contribution in [0.4, 0.5) is 26.3 Å². The van der Waals surface area contributed by atoms with Gasteiger partial charge in [-0.3, -0.25) is 4.79 Å². The third-order valence-electron chi connectivity index (χ3n) is 4.07. The molecule has 0 radical (unpaired) electrons. The van der Waals surface area contributed by atoms with Crippen LogP contribution in [0.5, 0.6) is 0 Å². The number of hydrogen-bond donors (Lipinski definition) is 1. The van der Waals surface area contributed by atoms with E-state index in [2.05, 4.69) is 20.4 Å². The van der Waals surface area contributed by atoms with Crippen molar-refractivity contribution in [3.63, 3.8) is 0 Å². The summed E-state index contributed by atoms with van der Waals surface area (Å²) < 4.78 is 101. The topological polar surface area (TPSA) is 107 Å². The van der Waals surface area contributed by atoms with Crippen molar-refractivity contribution in [3.05, 3.63) is 64.8 Å². The van der Waals surface area contributed by atoms with E-state index in [-0.39, 0.29) is 18.2 Å². The monoisotopic (exact) mass is 513 g/mol. The van der Waals surface area contributed by atoms with Gasteiger partial charge in [-0.25, -0.2) is 18.4 Å². The fourth-order valence-corrected chi connectivity index (χ4v) is 3.63. The Balaban J connectivity index is 1.80. The molecule has 0 aliphatic rings. The number of nitrogens with zero attached hydrogens (tertiary/aromatic N) is 4. The Kier molecular flexibility index (Phi) is 6.39. The van der Waals surface area contributed by atoms with Crippen LogP contribution in [-0.4, -0.2) is 39.6 Å². The number of sulfone groups is 1. The average molecular weight is 514 g/mol. The van der Waals surface area contributed by atoms with Gasteiger partial charge in [0.05, 0.1) is 17.0 Å². The van der Waals surface area contributed by atoms with Gasteiger partial charge < -0.3 is 5.32 Å². The lowest BCUT2D eigenvalue weighted by Crippen LogP contribution is -2.26. The van der Waals surface area contributed by atoms with Crippen LogP contribution < -0.4 is 5.32 Å². The van der Waals surface area contributed by atoms with Crippen molar-refractivity contribution in [1.29, 1.82) is 0 Å². The molecule has 0 fully saturated rings. The summed E-state index contributed by atoms with van der Waals surface area (Å²) in [5, 5.41) is 5.66. The van der Waals surface area contributed by atoms with Crippen LogP contribution in [0.25, 0.3) is 5.82 Å². The maximum atomic E-state index is 12.8. The number of alkyl halides is 6. The minimum atomic E-state index is -5.75. The first-order valence-electron chi connectivity index (χ1n) is 8.53. The van der Waals surface area contributed by atoms with Gasteiger partial charge in [-0.1, -0.05) is 11.6 Å². The Labute approximate surface area is 186 Å². The van der Waals surface area contributed by atoms with Crippen molar-refractivity contribution >= 4 is 27.3 Å². The highest BCUT2D eigenvalue weighted by atomic mass is 35.5. The number of aromatic nitrogens is 4. The Hall–Kier alpha value is -3.20. The van der Waals surface area contributed by atoms with Crippen molar-refractivity contribution in [2.45, 2.75) is 23.1 Å². The summed E-state index contributed by atoms with van der Waals surface area (Å²) in [6.07, 6.45) is -2.98. The van der Waals surface area contributed by atoms with Gasteiger partial charge >= 0.3 is 11.7 Å². The van der Waals surface area contributed by atoms with E-state index in [1.54, 1.807) is 0 Å². The third-order valence-corrected chi connectivity index (χ3v) is 5.75. The molecule has 0 saturated heterocycles. The number of carbonyl (C=O) groups excluding carboxylic acids is 1. The number of rotatable bonds is 5. The highest BCUT2D eigenvalue weighted by Crippen LogP contribution is 2.32. The number of pyridine rings is 1. The number of nitrogens with one attached hydrogen (secondary N) is 1. The molecule has 3 rings (SSSR count). The second-order valence-electron chi connectivity index (χ2n) is 6.30. The van der Waals surface area contributed by atoms with Gasteiger partial charge in [0, 0.05) is 16.8 Å². The highest BCUT2D eigenvalue weighted by molar-refractivity contribution is 7.92. The number of halogens is 7. The van der Waals surface area contributed by atoms with Gasteiger partial charge in [-0.15, -0.1) is 0 Å². The maximum Gasteiger partial charge on any atom is 0.501 e. The van der Waals surface area contributed by atoms with Gasteiger partial charge in [0.25, 0.3) is 15.7 Å². The van der Waals surface area contributed by atoms with Gasteiger partial charge in [0.2, 0.25) is 0 Å². The van der Waals surface area contributed by atoms with Gasteiger partial charge in [-0.2, -0.15) is 36.1 Å². The molecule has 0 aliphatic carbocycles. The first-order valence-corrected chi connectivity index (χ1v) is 10.4. The smallest absolute Gasteiger partial charge is 0.345 e. The molecular formula is C17H10ClF6N5O3S. The molecule has 0 unspecified atom stereocenters. The zero-order valence-corrected chi connectivity index (χ0v) is 17.4. The van der Waals surface area contributed by atoms with Crippen LogP contribution in [0.15, 0.2) is 47.8 Å². The fraction of sp³-hybridized carbons (Fsp3) is 0.176. The number of amides is 1. The molecule has 0 saturated carbocycles. The molecule has 1 aromatic carbocycles. The molecule has 1 N–H and O–H groups in total. The van der Waals surface area contributed by atoms with Crippen LogP contribution in [0.3, 0.4) is 0 Å². The predicted octanol–water partition coefficient (Wildman–Crippen LogP) is 3.56. The molecule has 2 heterocycles. The molecule has 16 heteroatoms. The van der Waals surface area contributed by atoms with Crippen LogP contribution in [0.1, 0.15) is 21.7 Å². The maximum absolute atomic E-state index is 12.8. The van der Waals surface area contributed by atoms with E-state index in [0.29, 0.717) is 18.3 Å². The number of carbonyl (C=O) groups is 1. The van der Waals surface area contributed by atoms with E-state index in [9.17, 15) is 39.6 Å². The Morgan fingerprint density at radius 1 is 1.06 bits per heavy atom. The molecule has 1 amide bonds. The lowest BCUT2D eigenvalue weighted by Gasteiger charge is -2.11. The van der Waals surface area contributed by atoms with Crippen molar-refractivity contribution in [3.8, 4) is 5.82 Å². The second-order valence-corrected chi connectivity index (χ2v) is 8.68. The Morgan fingerprint density at radius 2 is 1.76 bits per heavy atom. The minimum Gasteiger partial charge on any atom is -0.345 e. The van der Waals surface area contributed by atoms with Crippen molar-refractivity contribution in [1.82, 2.24) is 25.1 Å². The summed E-state index contributed by atoms with van der Waals surface area (Å²) in [5.41, 5.74) is -7.08. The third kappa shape index (κ3) is 5.24. The number of hydrogen-bond acceptors (Lipinski definition) is 6. The minimum absolute atomic E-state index is 0.0146. The second kappa shape index (κ2) is 8.62. The normalized spacial score (nSPS) is 12.6. The van der Waals surface area contributed by atoms with Crippen LogP contribution in [-0.2, 0) is 22.6 Å². The van der Waals surface area contributed by atoms with Gasteiger partial charge in [0.15, 0.2) is 11.6 Å². The van der Waals surface area contributed by atoms with E-state index in [0.717, 1.165) is 29.2 Å². The summed E-state index contributed by atoms with van der Waals surface area (Å²) >= 11 is 5.67. The summed E-state index contributed by atoms with van der Waals surface area (Å²) in [5.74, 6) is -1.03. The fourth-order valence-electron chi connectivity index (χ4n) is 2.50. The van der Waals surface area contributed by atoms with E-state index in [1.807, 2.05) is 0 Å². The van der Waals surface area contributed by atoms with Gasteiger partial charge in [0.1, 0.15) is 6.33 Å². The predicted molar refractivity (Wildman–Crippen MR) is 100 cm³/mol. The summed E-state index contributed by atoms with van der Waals surface area (Å²) in [6.45, 7) is -0.380. The molecular weight excluding hydrogens is 504 g/mol. The summed E-state index contributed by atoms with van der Waals surface area (Å²) in [4.78, 5) is 18.6. The molecule has 176 valence electrons. The molecule has 33 heavy (non-hydrogen) atoms. The molecule has 8 nitrogen and oxygen atoms in total. The highest BCUT2D eigenvalue weighted by Gasteiger charge is 2.47. The average Bonchev–Trinajstić information content (AvgIpc) is 3.18. The van der Waals surface area contributed by atoms with Crippen molar-refractivity contribution in [2.24, 2.45) is 0 Å². The van der Waals surface area contributed by atoms with Crippen molar-refractivity contribution in [2.75, 3.05) is 0 Å². The van der Waals surface area contributed by atoms with Crippen LogP contribution in [0.2, 0.25) is 5.02 Å². The van der Waals surface area contributed by atoms with Crippen LogP contribution >= 0.6 is 11.6 Å². The lowest BCUT2D eigenvalue weighted by molar-refractivity contribution is -0.137. The first kappa shape index (κ1) is 24.4. The first-order chi connectivity index (χ1) is 15.2. The summed E-state index contributed by atoms with van der Waals surface area (Å²) in [7, 11) is -5.75. The molecule has 0 spiro atoms. The largest absolute Gasteiger partial charge is 0.501 e. The standard InChI is InChI=1S/C17H10ClF6N5O3S/c18-11-3-9(4-12(5-11)33(31,32)17(22,23)24)15(30)26-7-14-27-8-28-29(14)13-2-1-10(6-25-13)16(19,20)21/h1-6,8H,7H2,(H,26,30). The van der Waals surface area contributed by atoms with Gasteiger partial charge in [-0.05, 0) is 30.3 Å². The zero-order chi connectivity index (χ0) is 24.6. The molecule has 3 aromatic rings. The molecule has 0 atom stereocenters. The zero-order valence-electron chi connectivity index (χ0n) is 15.8. The van der Waals surface area contributed by atoms with E-state index < -0.39 is 48.5 Å². The SMILES string of the molecule is O=C(NCc1ncnn1-c1ccc(C(F)(F)F)cn1)c1cc(Cl)cc(S(=O)(=O)C(F)(F)F)c1. The number of benzene rings is 1. The van der Waals surface area contributed by atoms with Crippen molar-refractivity contribution < 1.29 is 39.6 Å². The lowest BCUT2D eigenvalue weighted by atomic mass is 10.2. The van der Waals surface area contributed by atoms with E-state index in [4.69, 9.17) is 11.6 Å². The quantitative estimate of drug-likeness (QED) is 0.523. The van der Waals surface area contributed by atoms with E-state index in [1.165, 1.54) is 0 Å². The Bertz CT molecular complexity index is 1290.